The van der Waals surface area contributed by atoms with Crippen molar-refractivity contribution in [3.63, 3.8) is 0 Å². The number of amides is 1. The molecule has 0 saturated heterocycles. The summed E-state index contributed by atoms with van der Waals surface area (Å²) in [6.45, 7) is 10.2. The van der Waals surface area contributed by atoms with Crippen molar-refractivity contribution in [3.05, 3.63) is 0 Å². The second-order valence-corrected chi connectivity index (χ2v) is 8.18. The lowest BCUT2D eigenvalue weighted by Crippen LogP contribution is -2.33. The van der Waals surface area contributed by atoms with Gasteiger partial charge in [0.15, 0.2) is 0 Å². The van der Waals surface area contributed by atoms with Gasteiger partial charge in [0.25, 0.3) is 0 Å². The summed E-state index contributed by atoms with van der Waals surface area (Å²) < 4.78 is 24.1. The predicted molar refractivity (Wildman–Crippen MR) is 101 cm³/mol. The van der Waals surface area contributed by atoms with Crippen molar-refractivity contribution in [1.29, 1.82) is 0 Å². The molecule has 144 valence electrons. The second kappa shape index (κ2) is 14.9. The second-order valence-electron chi connectivity index (χ2n) is 6.12. The van der Waals surface area contributed by atoms with Crippen molar-refractivity contribution >= 4 is 13.5 Å². The number of nitrogens with zero attached hydrogens (tertiary/aromatic N) is 1. The number of carbonyl (C=O) groups excluding carboxylic acids is 1. The van der Waals surface area contributed by atoms with Crippen LogP contribution in [0.5, 0.6) is 0 Å². The highest BCUT2D eigenvalue weighted by Gasteiger charge is 2.30. The van der Waals surface area contributed by atoms with Crippen LogP contribution in [-0.2, 0) is 18.4 Å². The maximum absolute atomic E-state index is 12.9. The van der Waals surface area contributed by atoms with E-state index in [-0.39, 0.29) is 12.1 Å². The van der Waals surface area contributed by atoms with Gasteiger partial charge in [-0.2, -0.15) is 0 Å². The van der Waals surface area contributed by atoms with Crippen LogP contribution in [0.2, 0.25) is 0 Å². The Hall–Kier alpha value is -0.380. The van der Waals surface area contributed by atoms with Gasteiger partial charge < -0.3 is 13.9 Å². The lowest BCUT2D eigenvalue weighted by molar-refractivity contribution is -0.128. The lowest BCUT2D eigenvalue weighted by Gasteiger charge is -2.23. The zero-order valence-electron chi connectivity index (χ0n) is 16.2. The van der Waals surface area contributed by atoms with Crippen molar-refractivity contribution in [1.82, 2.24) is 4.90 Å². The molecule has 5 nitrogen and oxygen atoms in total. The van der Waals surface area contributed by atoms with E-state index in [1.54, 1.807) is 4.90 Å². The molecule has 0 aromatic carbocycles. The molecule has 1 amide bonds. The molecule has 0 aliphatic carbocycles. The first kappa shape index (κ1) is 23.6. The first-order chi connectivity index (χ1) is 11.5. The van der Waals surface area contributed by atoms with Crippen LogP contribution < -0.4 is 0 Å². The fraction of sp³-hybridized carbons (Fsp3) is 0.944. The van der Waals surface area contributed by atoms with Gasteiger partial charge in [-0.1, -0.05) is 52.4 Å². The van der Waals surface area contributed by atoms with Crippen LogP contribution >= 0.6 is 7.60 Å². The summed E-state index contributed by atoms with van der Waals surface area (Å²) >= 11 is 0. The fourth-order valence-electron chi connectivity index (χ4n) is 2.44. The lowest BCUT2D eigenvalue weighted by atomic mass is 10.2. The summed E-state index contributed by atoms with van der Waals surface area (Å²) in [6.07, 6.45) is 8.25. The van der Waals surface area contributed by atoms with E-state index in [9.17, 15) is 9.36 Å². The Kier molecular flexibility index (Phi) is 14.7. The van der Waals surface area contributed by atoms with Crippen LogP contribution in [0, 0.1) is 0 Å². The van der Waals surface area contributed by atoms with Gasteiger partial charge in [0.1, 0.15) is 6.16 Å². The van der Waals surface area contributed by atoms with Crippen molar-refractivity contribution in [2.45, 2.75) is 79.1 Å². The van der Waals surface area contributed by atoms with Gasteiger partial charge in [0, 0.05) is 13.1 Å². The average Bonchev–Trinajstić information content (AvgIpc) is 2.55. The fourth-order valence-corrected chi connectivity index (χ4v) is 4.04. The normalized spacial score (nSPS) is 11.7. The monoisotopic (exact) mass is 363 g/mol. The van der Waals surface area contributed by atoms with Gasteiger partial charge in [-0.25, -0.2) is 0 Å². The van der Waals surface area contributed by atoms with E-state index >= 15 is 0 Å². The van der Waals surface area contributed by atoms with E-state index in [4.69, 9.17) is 9.05 Å². The Bertz CT molecular complexity index is 341. The molecule has 0 aromatic heterocycles. The molecule has 0 aliphatic heterocycles. The number of rotatable bonds is 16. The van der Waals surface area contributed by atoms with Gasteiger partial charge in [0.2, 0.25) is 5.91 Å². The Morgan fingerprint density at radius 1 is 0.792 bits per heavy atom. The first-order valence-corrected chi connectivity index (χ1v) is 11.4. The van der Waals surface area contributed by atoms with Crippen LogP contribution in [0.1, 0.15) is 79.1 Å². The molecular weight excluding hydrogens is 325 g/mol. The third-order valence-electron chi connectivity index (χ3n) is 4.02. The quantitative estimate of drug-likeness (QED) is 0.278. The van der Waals surface area contributed by atoms with Gasteiger partial charge in [-0.15, -0.1) is 0 Å². The molecule has 6 heteroatoms. The van der Waals surface area contributed by atoms with Gasteiger partial charge in [-0.05, 0) is 26.7 Å². The highest BCUT2D eigenvalue weighted by Crippen LogP contribution is 2.48. The van der Waals surface area contributed by atoms with Gasteiger partial charge in [-0.3, -0.25) is 9.36 Å². The summed E-state index contributed by atoms with van der Waals surface area (Å²) in [4.78, 5) is 14.0. The maximum Gasteiger partial charge on any atom is 0.340 e. The zero-order valence-corrected chi connectivity index (χ0v) is 17.1. The third-order valence-corrected chi connectivity index (χ3v) is 5.83. The molecule has 0 heterocycles. The Labute approximate surface area is 149 Å². The predicted octanol–water partition coefficient (Wildman–Crippen LogP) is 5.24. The summed E-state index contributed by atoms with van der Waals surface area (Å²) in [7, 11) is -3.34. The highest BCUT2D eigenvalue weighted by atomic mass is 31.2. The zero-order chi connectivity index (χ0) is 18.3. The van der Waals surface area contributed by atoms with E-state index < -0.39 is 7.60 Å². The summed E-state index contributed by atoms with van der Waals surface area (Å²) in [5.41, 5.74) is 0. The molecule has 0 spiro atoms. The Morgan fingerprint density at radius 3 is 1.62 bits per heavy atom. The average molecular weight is 363 g/mol. The van der Waals surface area contributed by atoms with Crippen molar-refractivity contribution < 1.29 is 18.4 Å². The molecular formula is C18H38NO4P. The van der Waals surface area contributed by atoms with Gasteiger partial charge >= 0.3 is 7.60 Å². The summed E-state index contributed by atoms with van der Waals surface area (Å²) in [6, 6.07) is 0. The molecule has 0 rings (SSSR count). The van der Waals surface area contributed by atoms with E-state index in [0.717, 1.165) is 51.4 Å². The maximum atomic E-state index is 12.9. The number of carbonyl (C=O) groups is 1. The molecule has 0 saturated carbocycles. The van der Waals surface area contributed by atoms with Crippen molar-refractivity contribution in [3.8, 4) is 0 Å². The smallest absolute Gasteiger partial charge is 0.340 e. The standard InChI is InChI=1S/C18H38NO4P/c1-5-9-11-13-15-22-24(21,23-16-14-12-10-6-2)17-18(20)19(7-3)8-4/h5-17H2,1-4H3. The van der Waals surface area contributed by atoms with Gasteiger partial charge in [0.05, 0.1) is 13.2 Å². The summed E-state index contributed by atoms with van der Waals surface area (Å²) in [5.74, 6) is -0.148. The van der Waals surface area contributed by atoms with Crippen LogP contribution in [0.3, 0.4) is 0 Å². The Balaban J connectivity index is 4.50. The minimum atomic E-state index is -3.34. The molecule has 0 aliphatic rings. The minimum Gasteiger partial charge on any atom is -0.343 e. The van der Waals surface area contributed by atoms with Crippen LogP contribution in [0.15, 0.2) is 0 Å². The number of unbranched alkanes of at least 4 members (excludes halogenated alkanes) is 6. The largest absolute Gasteiger partial charge is 0.343 e. The van der Waals surface area contributed by atoms with Crippen molar-refractivity contribution in [2.75, 3.05) is 32.5 Å². The molecule has 0 atom stereocenters. The van der Waals surface area contributed by atoms with Crippen molar-refractivity contribution in [2.24, 2.45) is 0 Å². The molecule has 0 N–H and O–H groups in total. The van der Waals surface area contributed by atoms with E-state index in [2.05, 4.69) is 13.8 Å². The number of hydrogen-bond donors (Lipinski definition) is 0. The Morgan fingerprint density at radius 2 is 1.25 bits per heavy atom. The molecule has 0 bridgehead atoms. The highest BCUT2D eigenvalue weighted by molar-refractivity contribution is 7.54. The molecule has 0 fully saturated rings. The van der Waals surface area contributed by atoms with E-state index in [0.29, 0.717) is 26.3 Å². The first-order valence-electron chi connectivity index (χ1n) is 9.68. The SMILES string of the molecule is CCCCCCOP(=O)(CC(=O)N(CC)CC)OCCCCCC. The van der Waals surface area contributed by atoms with E-state index in [1.165, 1.54) is 0 Å². The van der Waals surface area contributed by atoms with Crippen LogP contribution in [-0.4, -0.2) is 43.3 Å². The molecule has 0 radical (unpaired) electrons. The third kappa shape index (κ3) is 11.2. The molecule has 0 aromatic rings. The van der Waals surface area contributed by atoms with E-state index in [1.807, 2.05) is 13.8 Å². The minimum absolute atomic E-state index is 0.143. The summed E-state index contributed by atoms with van der Waals surface area (Å²) in [5, 5.41) is 0. The van der Waals surface area contributed by atoms with Crippen LogP contribution in [0.4, 0.5) is 0 Å². The topological polar surface area (TPSA) is 55.8 Å². The number of hydrogen-bond acceptors (Lipinski definition) is 4. The van der Waals surface area contributed by atoms with Crippen LogP contribution in [0.25, 0.3) is 0 Å². The molecule has 0 unspecified atom stereocenters. The molecule has 24 heavy (non-hydrogen) atoms.